The van der Waals surface area contributed by atoms with Gasteiger partial charge in [0.05, 0.1) is 0 Å². The number of likely N-dealkylation sites (tertiary alicyclic amines) is 1. The standard InChI is InChI=1S/C24H33N7.HI/c1-3-25-24(27-17-23-29-28-22-6-4-5-13-31(22)23)26-16-20-11-14-30(15-12-20)18-21-9-7-19(2)8-10-21;/h4-10,13,20H,3,11-12,14-18H2,1-2H3,(H2,25,26,27);1H. The predicted octanol–water partition coefficient (Wildman–Crippen LogP) is 3.62. The zero-order chi connectivity index (χ0) is 21.5. The van der Waals surface area contributed by atoms with Gasteiger partial charge in [0.15, 0.2) is 17.4 Å². The predicted molar refractivity (Wildman–Crippen MR) is 140 cm³/mol. The van der Waals surface area contributed by atoms with Crippen LogP contribution >= 0.6 is 24.0 Å². The fraction of sp³-hybridized carbons (Fsp3) is 0.458. The van der Waals surface area contributed by atoms with Gasteiger partial charge in [-0.25, -0.2) is 4.99 Å². The third kappa shape index (κ3) is 6.65. The van der Waals surface area contributed by atoms with Gasteiger partial charge in [-0.1, -0.05) is 35.9 Å². The Morgan fingerprint density at radius 2 is 1.84 bits per heavy atom. The van der Waals surface area contributed by atoms with Crippen molar-refractivity contribution in [3.8, 4) is 0 Å². The number of nitrogens with one attached hydrogen (secondary N) is 2. The molecular formula is C24H34IN7. The van der Waals surface area contributed by atoms with Gasteiger partial charge in [-0.3, -0.25) is 9.30 Å². The van der Waals surface area contributed by atoms with Crippen LogP contribution in [0.2, 0.25) is 0 Å². The number of nitrogens with zero attached hydrogens (tertiary/aromatic N) is 5. The molecule has 0 bridgehead atoms. The summed E-state index contributed by atoms with van der Waals surface area (Å²) in [7, 11) is 0. The summed E-state index contributed by atoms with van der Waals surface area (Å²) >= 11 is 0. The van der Waals surface area contributed by atoms with Crippen LogP contribution in [0.4, 0.5) is 0 Å². The Morgan fingerprint density at radius 3 is 2.59 bits per heavy atom. The van der Waals surface area contributed by atoms with Crippen molar-refractivity contribution in [2.75, 3.05) is 26.2 Å². The van der Waals surface area contributed by atoms with E-state index in [1.807, 2.05) is 28.8 Å². The lowest BCUT2D eigenvalue weighted by atomic mass is 9.96. The molecule has 2 N–H and O–H groups in total. The number of piperidine rings is 1. The maximum Gasteiger partial charge on any atom is 0.191 e. The van der Waals surface area contributed by atoms with Crippen molar-refractivity contribution in [1.82, 2.24) is 30.1 Å². The number of benzene rings is 1. The molecule has 1 aliphatic heterocycles. The minimum absolute atomic E-state index is 0. The highest BCUT2D eigenvalue weighted by Gasteiger charge is 2.19. The summed E-state index contributed by atoms with van der Waals surface area (Å²) in [4.78, 5) is 7.30. The molecule has 1 saturated heterocycles. The molecule has 172 valence electrons. The maximum absolute atomic E-state index is 4.73. The van der Waals surface area contributed by atoms with Crippen LogP contribution in [0.3, 0.4) is 0 Å². The van der Waals surface area contributed by atoms with E-state index in [4.69, 9.17) is 4.99 Å². The normalized spacial score (nSPS) is 15.5. The summed E-state index contributed by atoms with van der Waals surface area (Å²) in [6.45, 7) is 9.87. The molecule has 4 rings (SSSR count). The van der Waals surface area contributed by atoms with Crippen LogP contribution in [0, 0.1) is 12.8 Å². The van der Waals surface area contributed by atoms with Crippen LogP contribution in [0.1, 0.15) is 36.7 Å². The number of rotatable bonds is 7. The van der Waals surface area contributed by atoms with Crippen LogP contribution in [0.5, 0.6) is 0 Å². The SMILES string of the molecule is CCNC(=NCc1nnc2ccccn12)NCC1CCN(Cc2ccc(C)cc2)CC1.I. The lowest BCUT2D eigenvalue weighted by molar-refractivity contribution is 0.178. The molecule has 2 aromatic heterocycles. The van der Waals surface area contributed by atoms with Gasteiger partial charge in [0.1, 0.15) is 6.54 Å². The average molecular weight is 547 g/mol. The Morgan fingerprint density at radius 1 is 1.06 bits per heavy atom. The largest absolute Gasteiger partial charge is 0.357 e. The summed E-state index contributed by atoms with van der Waals surface area (Å²) in [5, 5.41) is 15.4. The second kappa shape index (κ2) is 12.2. The van der Waals surface area contributed by atoms with E-state index in [9.17, 15) is 0 Å². The first-order valence-electron chi connectivity index (χ1n) is 11.3. The van der Waals surface area contributed by atoms with Gasteiger partial charge in [-0.05, 0) is 63.4 Å². The first kappa shape index (κ1) is 24.4. The second-order valence-corrected chi connectivity index (χ2v) is 8.33. The first-order valence-corrected chi connectivity index (χ1v) is 11.3. The van der Waals surface area contributed by atoms with E-state index in [-0.39, 0.29) is 24.0 Å². The van der Waals surface area contributed by atoms with E-state index >= 15 is 0 Å². The number of fused-ring (bicyclic) bond motifs is 1. The smallest absolute Gasteiger partial charge is 0.191 e. The highest BCUT2D eigenvalue weighted by atomic mass is 127. The van der Waals surface area contributed by atoms with Gasteiger partial charge < -0.3 is 10.6 Å². The molecule has 3 heterocycles. The zero-order valence-electron chi connectivity index (χ0n) is 19.0. The van der Waals surface area contributed by atoms with Crippen molar-refractivity contribution in [2.45, 2.75) is 39.8 Å². The quantitative estimate of drug-likeness (QED) is 0.269. The zero-order valence-corrected chi connectivity index (χ0v) is 21.3. The van der Waals surface area contributed by atoms with Gasteiger partial charge in [0.2, 0.25) is 0 Å². The molecule has 32 heavy (non-hydrogen) atoms. The monoisotopic (exact) mass is 547 g/mol. The molecule has 1 aliphatic rings. The molecule has 1 fully saturated rings. The van der Waals surface area contributed by atoms with E-state index in [1.165, 1.54) is 24.0 Å². The molecule has 0 saturated carbocycles. The Hall–Kier alpha value is -2.20. The molecule has 0 spiro atoms. The number of hydrogen-bond acceptors (Lipinski definition) is 4. The fourth-order valence-corrected chi connectivity index (χ4v) is 4.03. The third-order valence-corrected chi connectivity index (χ3v) is 5.90. The van der Waals surface area contributed by atoms with Crippen molar-refractivity contribution in [2.24, 2.45) is 10.9 Å². The molecule has 0 atom stereocenters. The highest BCUT2D eigenvalue weighted by molar-refractivity contribution is 14.0. The number of hydrogen-bond donors (Lipinski definition) is 2. The van der Waals surface area contributed by atoms with E-state index in [2.05, 4.69) is 63.8 Å². The summed E-state index contributed by atoms with van der Waals surface area (Å²) in [5.41, 5.74) is 3.58. The molecule has 3 aromatic rings. The van der Waals surface area contributed by atoms with E-state index < -0.39 is 0 Å². The van der Waals surface area contributed by atoms with Gasteiger partial charge in [-0.15, -0.1) is 34.2 Å². The lowest BCUT2D eigenvalue weighted by Gasteiger charge is -2.32. The average Bonchev–Trinajstić information content (AvgIpc) is 3.21. The van der Waals surface area contributed by atoms with Crippen LogP contribution < -0.4 is 10.6 Å². The van der Waals surface area contributed by atoms with Crippen LogP contribution in [-0.2, 0) is 13.1 Å². The number of pyridine rings is 1. The van der Waals surface area contributed by atoms with Crippen molar-refractivity contribution in [1.29, 1.82) is 0 Å². The van der Waals surface area contributed by atoms with Crippen molar-refractivity contribution < 1.29 is 0 Å². The molecule has 0 amide bonds. The van der Waals surface area contributed by atoms with Gasteiger partial charge >= 0.3 is 0 Å². The molecule has 7 nitrogen and oxygen atoms in total. The van der Waals surface area contributed by atoms with Crippen molar-refractivity contribution in [3.05, 3.63) is 65.6 Å². The van der Waals surface area contributed by atoms with Crippen LogP contribution in [0.15, 0.2) is 53.7 Å². The van der Waals surface area contributed by atoms with Gasteiger partial charge in [-0.2, -0.15) is 0 Å². The number of aryl methyl sites for hydroxylation is 1. The van der Waals surface area contributed by atoms with Crippen LogP contribution in [-0.4, -0.2) is 51.6 Å². The van der Waals surface area contributed by atoms with Gasteiger partial charge in [0, 0.05) is 25.8 Å². The van der Waals surface area contributed by atoms with Gasteiger partial charge in [0.25, 0.3) is 0 Å². The topological polar surface area (TPSA) is 69.8 Å². The minimum Gasteiger partial charge on any atom is -0.357 e. The lowest BCUT2D eigenvalue weighted by Crippen LogP contribution is -2.42. The summed E-state index contributed by atoms with van der Waals surface area (Å²) in [6, 6.07) is 14.8. The Bertz CT molecular complexity index is 991. The molecule has 0 aliphatic carbocycles. The molecular weight excluding hydrogens is 513 g/mol. The van der Waals surface area contributed by atoms with Crippen molar-refractivity contribution in [3.63, 3.8) is 0 Å². The number of aromatic nitrogens is 3. The molecule has 8 heteroatoms. The minimum atomic E-state index is 0. The highest BCUT2D eigenvalue weighted by Crippen LogP contribution is 2.18. The van der Waals surface area contributed by atoms with E-state index in [0.29, 0.717) is 12.5 Å². The Balaban J connectivity index is 0.00000289. The Kier molecular flexibility index (Phi) is 9.28. The fourth-order valence-electron chi connectivity index (χ4n) is 4.03. The summed E-state index contributed by atoms with van der Waals surface area (Å²) < 4.78 is 1.98. The van der Waals surface area contributed by atoms with E-state index in [1.54, 1.807) is 0 Å². The Labute approximate surface area is 207 Å². The third-order valence-electron chi connectivity index (χ3n) is 5.90. The van der Waals surface area contributed by atoms with E-state index in [0.717, 1.165) is 50.2 Å². The number of halogens is 1. The second-order valence-electron chi connectivity index (χ2n) is 8.33. The molecule has 0 unspecified atom stereocenters. The molecule has 1 aromatic carbocycles. The summed E-state index contributed by atoms with van der Waals surface area (Å²) in [6.07, 6.45) is 4.41. The molecule has 0 radical (unpaired) electrons. The maximum atomic E-state index is 4.73. The summed E-state index contributed by atoms with van der Waals surface area (Å²) in [5.74, 6) is 2.36. The number of guanidine groups is 1. The number of aliphatic imine (C=N–C) groups is 1. The van der Waals surface area contributed by atoms with Crippen molar-refractivity contribution >= 4 is 35.6 Å². The van der Waals surface area contributed by atoms with Crippen LogP contribution in [0.25, 0.3) is 5.65 Å². The first-order chi connectivity index (χ1) is 15.2.